The number of nitrogens with one attached hydrogen (secondary N) is 1. The third-order valence-electron chi connectivity index (χ3n) is 3.08. The molecule has 1 saturated heterocycles. The van der Waals surface area contributed by atoms with Gasteiger partial charge in [0.05, 0.1) is 15.7 Å². The third kappa shape index (κ3) is 2.92. The van der Waals surface area contributed by atoms with Gasteiger partial charge in [-0.1, -0.05) is 41.4 Å². The Kier molecular flexibility index (Phi) is 4.29. The van der Waals surface area contributed by atoms with Crippen molar-refractivity contribution in [1.29, 1.82) is 0 Å². The molecule has 4 nitrogen and oxygen atoms in total. The average Bonchev–Trinajstić information content (AvgIpc) is 2.78. The van der Waals surface area contributed by atoms with Crippen molar-refractivity contribution in [2.75, 3.05) is 10.2 Å². The Labute approximate surface area is 141 Å². The normalized spacial score (nSPS) is 17.9. The maximum absolute atomic E-state index is 12.4. The lowest BCUT2D eigenvalue weighted by Crippen LogP contribution is -2.34. The number of carbonyl (C=O) groups is 2. The first-order valence-corrected chi connectivity index (χ1v) is 8.01. The Morgan fingerprint density at radius 1 is 1.00 bits per heavy atom. The molecule has 1 heterocycles. The van der Waals surface area contributed by atoms with Crippen LogP contribution in [-0.4, -0.2) is 16.5 Å². The molecule has 1 aliphatic heterocycles. The summed E-state index contributed by atoms with van der Waals surface area (Å²) >= 11 is 12.7. The monoisotopic (exact) mass is 352 g/mol. The summed E-state index contributed by atoms with van der Waals surface area (Å²) in [5, 5.41) is 2.81. The number of nitrogens with zero attached hydrogens (tertiary/aromatic N) is 1. The zero-order valence-corrected chi connectivity index (χ0v) is 13.5. The molecule has 0 aromatic heterocycles. The van der Waals surface area contributed by atoms with E-state index in [0.717, 1.165) is 11.8 Å². The molecule has 3 rings (SSSR count). The van der Waals surface area contributed by atoms with Gasteiger partial charge in [0, 0.05) is 5.69 Å². The van der Waals surface area contributed by atoms with Crippen molar-refractivity contribution in [1.82, 2.24) is 0 Å². The van der Waals surface area contributed by atoms with Gasteiger partial charge in [-0.2, -0.15) is 0 Å². The number of benzene rings is 2. The van der Waals surface area contributed by atoms with E-state index in [4.69, 9.17) is 23.2 Å². The molecule has 1 N–H and O–H groups in total. The number of carbonyl (C=O) groups excluding carboxylic acids is 2. The summed E-state index contributed by atoms with van der Waals surface area (Å²) in [6, 6.07) is 13.8. The molecule has 0 bridgehead atoms. The molecular weight excluding hydrogens is 343 g/mol. The van der Waals surface area contributed by atoms with E-state index in [1.54, 1.807) is 42.5 Å². The lowest BCUT2D eigenvalue weighted by Gasteiger charge is -2.15. The summed E-state index contributed by atoms with van der Waals surface area (Å²) in [5.41, 5.74) is 1.19. The number of rotatable bonds is 3. The fraction of sp³-hybridized carbons (Fsp3) is 0.0667. The average molecular weight is 353 g/mol. The smallest absolute Gasteiger partial charge is 0.295 e. The Morgan fingerprint density at radius 2 is 1.73 bits per heavy atom. The second-order valence-corrected chi connectivity index (χ2v) is 6.42. The van der Waals surface area contributed by atoms with Gasteiger partial charge in [0.25, 0.3) is 11.1 Å². The van der Waals surface area contributed by atoms with Crippen LogP contribution in [0.25, 0.3) is 0 Å². The Bertz CT molecular complexity index is 740. The molecular formula is C15H10Cl2N2O2S. The van der Waals surface area contributed by atoms with Crippen molar-refractivity contribution >= 4 is 57.5 Å². The Hall–Kier alpha value is -1.69. The quantitative estimate of drug-likeness (QED) is 0.874. The van der Waals surface area contributed by atoms with Crippen molar-refractivity contribution in [2.24, 2.45) is 0 Å². The molecule has 0 unspecified atom stereocenters. The molecule has 112 valence electrons. The van der Waals surface area contributed by atoms with Crippen LogP contribution in [0.1, 0.15) is 0 Å². The second-order valence-electron chi connectivity index (χ2n) is 4.55. The van der Waals surface area contributed by atoms with Crippen LogP contribution >= 0.6 is 35.0 Å². The maximum Gasteiger partial charge on any atom is 0.295 e. The minimum absolute atomic E-state index is 0.311. The molecule has 2 aromatic rings. The molecule has 1 fully saturated rings. The van der Waals surface area contributed by atoms with Gasteiger partial charge >= 0.3 is 0 Å². The summed E-state index contributed by atoms with van der Waals surface area (Å²) < 4.78 is 0. The number of para-hydroxylation sites is 1. The van der Waals surface area contributed by atoms with Gasteiger partial charge in [-0.25, -0.2) is 4.90 Å². The van der Waals surface area contributed by atoms with E-state index in [9.17, 15) is 9.59 Å². The molecule has 1 aliphatic rings. The Balaban J connectivity index is 1.80. The SMILES string of the molecule is O=C1S[C@@H](Nc2ccc(Cl)c(Cl)c2)C(=O)N1c1ccccc1. The standard InChI is InChI=1S/C15H10Cl2N2O2S/c16-11-7-6-9(8-12(11)17)18-13-14(20)19(15(21)22-13)10-4-2-1-3-5-10/h1-8,13,18H/t13-/m1/s1. The molecule has 0 saturated carbocycles. The predicted octanol–water partition coefficient (Wildman–Crippen LogP) is 4.63. The number of anilines is 2. The molecule has 2 amide bonds. The highest BCUT2D eigenvalue weighted by molar-refractivity contribution is 8.16. The van der Waals surface area contributed by atoms with Crippen LogP contribution in [0.3, 0.4) is 0 Å². The van der Waals surface area contributed by atoms with Crippen molar-refractivity contribution in [3.05, 3.63) is 58.6 Å². The van der Waals surface area contributed by atoms with Gasteiger partial charge in [-0.15, -0.1) is 0 Å². The minimum Gasteiger partial charge on any atom is -0.365 e. The van der Waals surface area contributed by atoms with Crippen LogP contribution in [0.5, 0.6) is 0 Å². The van der Waals surface area contributed by atoms with E-state index in [1.807, 2.05) is 6.07 Å². The van der Waals surface area contributed by atoms with E-state index in [0.29, 0.717) is 21.4 Å². The van der Waals surface area contributed by atoms with Crippen molar-refractivity contribution in [2.45, 2.75) is 5.37 Å². The first-order valence-electron chi connectivity index (χ1n) is 6.37. The molecule has 0 spiro atoms. The number of imide groups is 1. The first kappa shape index (κ1) is 15.2. The molecule has 1 atom stereocenters. The fourth-order valence-corrected chi connectivity index (χ4v) is 3.25. The van der Waals surface area contributed by atoms with Crippen molar-refractivity contribution in [3.63, 3.8) is 0 Å². The third-order valence-corrected chi connectivity index (χ3v) is 4.76. The van der Waals surface area contributed by atoms with Crippen molar-refractivity contribution < 1.29 is 9.59 Å². The van der Waals surface area contributed by atoms with Gasteiger partial charge in [0.1, 0.15) is 0 Å². The summed E-state index contributed by atoms with van der Waals surface area (Å²) in [6.07, 6.45) is 0. The largest absolute Gasteiger partial charge is 0.365 e. The summed E-state index contributed by atoms with van der Waals surface area (Å²) in [6.45, 7) is 0. The van der Waals surface area contributed by atoms with E-state index in [1.165, 1.54) is 4.90 Å². The van der Waals surface area contributed by atoms with E-state index >= 15 is 0 Å². The van der Waals surface area contributed by atoms with Crippen LogP contribution in [0.2, 0.25) is 10.0 Å². The van der Waals surface area contributed by atoms with E-state index in [-0.39, 0.29) is 11.1 Å². The van der Waals surface area contributed by atoms with Gasteiger partial charge in [0.2, 0.25) is 0 Å². The van der Waals surface area contributed by atoms with Crippen LogP contribution in [0.15, 0.2) is 48.5 Å². The molecule has 7 heteroatoms. The maximum atomic E-state index is 12.4. The summed E-state index contributed by atoms with van der Waals surface area (Å²) in [5.74, 6) is -0.313. The van der Waals surface area contributed by atoms with Gasteiger partial charge in [0.15, 0.2) is 5.37 Å². The Morgan fingerprint density at radius 3 is 2.41 bits per heavy atom. The minimum atomic E-state index is -0.690. The zero-order valence-electron chi connectivity index (χ0n) is 11.1. The highest BCUT2D eigenvalue weighted by atomic mass is 35.5. The van der Waals surface area contributed by atoms with E-state index in [2.05, 4.69) is 5.32 Å². The van der Waals surface area contributed by atoms with Crippen LogP contribution in [-0.2, 0) is 4.79 Å². The van der Waals surface area contributed by atoms with Gasteiger partial charge < -0.3 is 5.32 Å². The van der Waals surface area contributed by atoms with Gasteiger partial charge in [-0.3, -0.25) is 9.59 Å². The number of halogens is 2. The summed E-state index contributed by atoms with van der Waals surface area (Å²) in [7, 11) is 0. The highest BCUT2D eigenvalue weighted by Crippen LogP contribution is 2.33. The zero-order chi connectivity index (χ0) is 15.7. The number of thioether (sulfide) groups is 1. The highest BCUT2D eigenvalue weighted by Gasteiger charge is 2.40. The van der Waals surface area contributed by atoms with E-state index < -0.39 is 5.37 Å². The van der Waals surface area contributed by atoms with Gasteiger partial charge in [-0.05, 0) is 42.1 Å². The first-order chi connectivity index (χ1) is 10.6. The topological polar surface area (TPSA) is 49.4 Å². The predicted molar refractivity (Wildman–Crippen MR) is 90.8 cm³/mol. The van der Waals surface area contributed by atoms with Crippen LogP contribution in [0.4, 0.5) is 16.2 Å². The van der Waals surface area contributed by atoms with Crippen LogP contribution < -0.4 is 10.2 Å². The molecule has 22 heavy (non-hydrogen) atoms. The molecule has 0 radical (unpaired) electrons. The lowest BCUT2D eigenvalue weighted by atomic mass is 10.3. The number of hydrogen-bond donors (Lipinski definition) is 1. The number of hydrogen-bond acceptors (Lipinski definition) is 4. The van der Waals surface area contributed by atoms with Crippen molar-refractivity contribution in [3.8, 4) is 0 Å². The molecule has 2 aromatic carbocycles. The van der Waals surface area contributed by atoms with Crippen LogP contribution in [0, 0.1) is 0 Å². The number of amides is 2. The fourth-order valence-electron chi connectivity index (χ4n) is 2.05. The molecule has 0 aliphatic carbocycles. The second kappa shape index (κ2) is 6.20. The summed E-state index contributed by atoms with van der Waals surface area (Å²) in [4.78, 5) is 25.7. The lowest BCUT2D eigenvalue weighted by molar-refractivity contribution is -0.116.